The zero-order valence-corrected chi connectivity index (χ0v) is 12.5. The van der Waals surface area contributed by atoms with Crippen LogP contribution in [0.15, 0.2) is 24.3 Å². The highest BCUT2D eigenvalue weighted by Crippen LogP contribution is 2.34. The van der Waals surface area contributed by atoms with Gasteiger partial charge in [-0.15, -0.1) is 0 Å². The number of ketones is 1. The van der Waals surface area contributed by atoms with Crippen molar-refractivity contribution in [3.8, 4) is 0 Å². The highest BCUT2D eigenvalue weighted by Gasteiger charge is 2.37. The number of rotatable bonds is 4. The minimum atomic E-state index is -4.43. The van der Waals surface area contributed by atoms with Gasteiger partial charge in [0, 0.05) is 18.2 Å². The number of carbonyl (C=O) groups excluding carboxylic acids is 2. The summed E-state index contributed by atoms with van der Waals surface area (Å²) in [7, 11) is 0. The fourth-order valence-electron chi connectivity index (χ4n) is 2.50. The second-order valence-corrected chi connectivity index (χ2v) is 5.50. The van der Waals surface area contributed by atoms with E-state index < -0.39 is 17.8 Å². The van der Waals surface area contributed by atoms with E-state index >= 15 is 0 Å². The van der Waals surface area contributed by atoms with E-state index in [2.05, 4.69) is 15.9 Å². The van der Waals surface area contributed by atoms with Gasteiger partial charge in [-0.25, -0.2) is 0 Å². The van der Waals surface area contributed by atoms with Crippen LogP contribution in [0.4, 0.5) is 18.9 Å². The Labute approximate surface area is 128 Å². The average Bonchev–Trinajstić information content (AvgIpc) is 2.90. The van der Waals surface area contributed by atoms with Gasteiger partial charge in [0.15, 0.2) is 0 Å². The maximum absolute atomic E-state index is 12.7. The molecule has 1 fully saturated rings. The molecule has 0 aliphatic carbocycles. The first-order chi connectivity index (χ1) is 9.86. The Hall–Kier alpha value is -1.37. The second-order valence-electron chi connectivity index (χ2n) is 4.94. The lowest BCUT2D eigenvalue weighted by molar-refractivity contribution is -0.137. The number of halogens is 4. The van der Waals surface area contributed by atoms with Gasteiger partial charge in [0.1, 0.15) is 12.1 Å². The molecule has 2 unspecified atom stereocenters. The number of benzene rings is 1. The van der Waals surface area contributed by atoms with E-state index in [1.165, 1.54) is 12.1 Å². The van der Waals surface area contributed by atoms with Crippen LogP contribution in [0.25, 0.3) is 0 Å². The number of hydrogen-bond donors (Lipinski definition) is 0. The molecule has 1 saturated heterocycles. The van der Waals surface area contributed by atoms with Gasteiger partial charge in [0.05, 0.1) is 16.9 Å². The minimum Gasteiger partial charge on any atom is -0.361 e. The van der Waals surface area contributed by atoms with Crippen LogP contribution in [-0.4, -0.2) is 30.0 Å². The molecule has 21 heavy (non-hydrogen) atoms. The van der Waals surface area contributed by atoms with Crippen molar-refractivity contribution in [3.63, 3.8) is 0 Å². The summed E-state index contributed by atoms with van der Waals surface area (Å²) >= 11 is 3.08. The number of hydrogen-bond acceptors (Lipinski definition) is 3. The number of nitrogens with zero attached hydrogens (tertiary/aromatic N) is 1. The molecule has 0 aromatic heterocycles. The number of aldehydes is 1. The largest absolute Gasteiger partial charge is 0.416 e. The number of alkyl halides is 4. The summed E-state index contributed by atoms with van der Waals surface area (Å²) in [6.07, 6.45) is -3.41. The van der Waals surface area contributed by atoms with E-state index in [1.807, 2.05) is 0 Å². The molecule has 0 amide bonds. The van der Waals surface area contributed by atoms with Crippen molar-refractivity contribution in [2.45, 2.75) is 18.6 Å². The molecule has 1 aliphatic rings. The smallest absolute Gasteiger partial charge is 0.361 e. The summed E-state index contributed by atoms with van der Waals surface area (Å²) in [5, 5.41) is 0.180. The van der Waals surface area contributed by atoms with Crippen molar-refractivity contribution in [1.82, 2.24) is 0 Å². The van der Waals surface area contributed by atoms with Crippen molar-refractivity contribution in [1.29, 1.82) is 0 Å². The monoisotopic (exact) mass is 363 g/mol. The molecule has 7 heteroatoms. The van der Waals surface area contributed by atoms with Crippen LogP contribution in [0.1, 0.15) is 12.0 Å². The molecule has 2 atom stereocenters. The molecule has 1 aromatic carbocycles. The highest BCUT2D eigenvalue weighted by atomic mass is 79.9. The molecule has 1 heterocycles. The lowest BCUT2D eigenvalue weighted by Crippen LogP contribution is -2.31. The van der Waals surface area contributed by atoms with Crippen LogP contribution in [0.2, 0.25) is 0 Å². The zero-order valence-electron chi connectivity index (χ0n) is 10.9. The van der Waals surface area contributed by atoms with Gasteiger partial charge in [-0.3, -0.25) is 4.79 Å². The first kappa shape index (κ1) is 16.0. The number of carbonyl (C=O) groups is 2. The fraction of sp³-hybridized carbons (Fsp3) is 0.429. The third kappa shape index (κ3) is 3.45. The minimum absolute atomic E-state index is 0.0451. The molecule has 0 radical (unpaired) electrons. The normalized spacial score (nSPS) is 22.4. The Bertz CT molecular complexity index is 547. The zero-order chi connectivity index (χ0) is 15.6. The van der Waals surface area contributed by atoms with Gasteiger partial charge >= 0.3 is 6.18 Å². The number of anilines is 1. The summed E-state index contributed by atoms with van der Waals surface area (Å²) < 4.78 is 38.2. The molecule has 1 aromatic rings. The first-order valence-corrected chi connectivity index (χ1v) is 7.47. The quantitative estimate of drug-likeness (QED) is 0.609. The predicted molar refractivity (Wildman–Crippen MR) is 75.6 cm³/mol. The van der Waals surface area contributed by atoms with E-state index in [0.717, 1.165) is 12.1 Å². The molecular formula is C14H13BrF3NO2. The Morgan fingerprint density at radius 3 is 2.71 bits per heavy atom. The van der Waals surface area contributed by atoms with E-state index in [0.29, 0.717) is 18.4 Å². The SMILES string of the molecule is O=CC1CC(C(=O)CBr)CN1c1cccc(C(F)(F)F)c1. The van der Waals surface area contributed by atoms with Gasteiger partial charge < -0.3 is 9.69 Å². The van der Waals surface area contributed by atoms with Crippen LogP contribution in [0, 0.1) is 5.92 Å². The first-order valence-electron chi connectivity index (χ1n) is 6.34. The van der Waals surface area contributed by atoms with Crippen molar-refractivity contribution in [2.75, 3.05) is 16.8 Å². The Balaban J connectivity index is 2.28. The van der Waals surface area contributed by atoms with E-state index in [9.17, 15) is 22.8 Å². The van der Waals surface area contributed by atoms with E-state index in [4.69, 9.17) is 0 Å². The molecule has 2 rings (SSSR count). The fourth-order valence-corrected chi connectivity index (χ4v) is 2.95. The molecule has 0 saturated carbocycles. The predicted octanol–water partition coefficient (Wildman–Crippen LogP) is 3.06. The van der Waals surface area contributed by atoms with Crippen LogP contribution < -0.4 is 4.90 Å². The maximum Gasteiger partial charge on any atom is 0.416 e. The van der Waals surface area contributed by atoms with Crippen LogP contribution in [0.3, 0.4) is 0 Å². The lowest BCUT2D eigenvalue weighted by atomic mass is 10.0. The van der Waals surface area contributed by atoms with Gasteiger partial charge in [0.2, 0.25) is 0 Å². The maximum atomic E-state index is 12.7. The third-order valence-corrected chi connectivity index (χ3v) is 4.15. The number of Topliss-reactive ketones (excluding diaryl/α,β-unsaturated/α-hetero) is 1. The molecular weight excluding hydrogens is 351 g/mol. The molecule has 3 nitrogen and oxygen atoms in total. The summed E-state index contributed by atoms with van der Waals surface area (Å²) in [5.41, 5.74) is -0.452. The average molecular weight is 364 g/mol. The van der Waals surface area contributed by atoms with Gasteiger partial charge in [-0.1, -0.05) is 22.0 Å². The van der Waals surface area contributed by atoms with Crippen LogP contribution in [-0.2, 0) is 15.8 Å². The van der Waals surface area contributed by atoms with E-state index in [1.54, 1.807) is 4.90 Å². The molecule has 0 N–H and O–H groups in total. The summed E-state index contributed by atoms with van der Waals surface area (Å²) in [6.45, 7) is 0.259. The summed E-state index contributed by atoms with van der Waals surface area (Å²) in [5.74, 6) is -0.384. The van der Waals surface area contributed by atoms with Crippen molar-refractivity contribution >= 4 is 33.7 Å². The standard InChI is InChI=1S/C14H13BrF3NO2/c15-6-13(21)9-4-12(8-20)19(7-9)11-3-1-2-10(5-11)14(16,17)18/h1-3,5,8-9,12H,4,6-7H2. The lowest BCUT2D eigenvalue weighted by Gasteiger charge is -2.23. The Morgan fingerprint density at radius 1 is 1.43 bits per heavy atom. The van der Waals surface area contributed by atoms with Crippen LogP contribution >= 0.6 is 15.9 Å². The summed E-state index contributed by atoms with van der Waals surface area (Å²) in [6, 6.07) is 4.25. The molecule has 0 bridgehead atoms. The van der Waals surface area contributed by atoms with Gasteiger partial charge in [0.25, 0.3) is 0 Å². The molecule has 0 spiro atoms. The van der Waals surface area contributed by atoms with Crippen molar-refractivity contribution in [3.05, 3.63) is 29.8 Å². The van der Waals surface area contributed by atoms with Crippen molar-refractivity contribution in [2.24, 2.45) is 5.92 Å². The Kier molecular flexibility index (Phi) is 4.70. The second kappa shape index (κ2) is 6.17. The van der Waals surface area contributed by atoms with Crippen molar-refractivity contribution < 1.29 is 22.8 Å². The van der Waals surface area contributed by atoms with E-state index in [-0.39, 0.29) is 23.6 Å². The highest BCUT2D eigenvalue weighted by molar-refractivity contribution is 9.09. The van der Waals surface area contributed by atoms with Gasteiger partial charge in [-0.05, 0) is 24.6 Å². The topological polar surface area (TPSA) is 37.4 Å². The summed E-state index contributed by atoms with van der Waals surface area (Å²) in [4.78, 5) is 24.4. The van der Waals surface area contributed by atoms with Crippen LogP contribution in [0.5, 0.6) is 0 Å². The molecule has 114 valence electrons. The molecule has 1 aliphatic heterocycles. The third-order valence-electron chi connectivity index (χ3n) is 3.59. The Morgan fingerprint density at radius 2 is 2.14 bits per heavy atom. The van der Waals surface area contributed by atoms with Gasteiger partial charge in [-0.2, -0.15) is 13.2 Å².